The Hall–Kier alpha value is -1.19. The smallest absolute Gasteiger partial charge is 0.276 e. The van der Waals surface area contributed by atoms with Gasteiger partial charge in [0.2, 0.25) is 0 Å². The topological polar surface area (TPSA) is 79.1 Å². The number of benzene rings is 1. The molecule has 4 rings (SSSR count). The first-order valence-corrected chi connectivity index (χ1v) is 10.9. The minimum atomic E-state index is -3.56. The monoisotopic (exact) mass is 380 g/mol. The van der Waals surface area contributed by atoms with Gasteiger partial charge in [0.15, 0.2) is 0 Å². The zero-order valence-electron chi connectivity index (χ0n) is 15.1. The van der Waals surface area contributed by atoms with Gasteiger partial charge in [-0.05, 0) is 37.1 Å². The average Bonchev–Trinajstić information content (AvgIpc) is 2.90. The summed E-state index contributed by atoms with van der Waals surface area (Å²) in [6.45, 7) is 6.56. The van der Waals surface area contributed by atoms with Crippen molar-refractivity contribution in [2.24, 2.45) is 5.14 Å². The fourth-order valence-corrected chi connectivity index (χ4v) is 5.07. The Bertz CT molecular complexity index is 727. The molecular weight excluding hydrogens is 352 g/mol. The van der Waals surface area contributed by atoms with Gasteiger partial charge >= 0.3 is 0 Å². The van der Waals surface area contributed by atoms with Crippen molar-refractivity contribution in [2.45, 2.75) is 31.4 Å². The molecule has 0 spiro atoms. The maximum Gasteiger partial charge on any atom is 0.276 e. The first kappa shape index (κ1) is 18.2. The number of hydrogen-bond acceptors (Lipinski definition) is 5. The van der Waals surface area contributed by atoms with Crippen LogP contribution in [0.25, 0.3) is 0 Å². The lowest BCUT2D eigenvalue weighted by Gasteiger charge is -2.34. The molecule has 26 heavy (non-hydrogen) atoms. The van der Waals surface area contributed by atoms with Crippen molar-refractivity contribution in [3.05, 3.63) is 29.8 Å². The van der Waals surface area contributed by atoms with Gasteiger partial charge in [-0.1, -0.05) is 12.1 Å². The number of ether oxygens (including phenoxy) is 1. The highest BCUT2D eigenvalue weighted by Gasteiger charge is 2.42. The number of piperazine rings is 1. The van der Waals surface area contributed by atoms with E-state index in [1.54, 1.807) is 0 Å². The first-order valence-electron chi connectivity index (χ1n) is 9.43. The molecule has 3 fully saturated rings. The fourth-order valence-electron chi connectivity index (χ4n) is 4.39. The summed E-state index contributed by atoms with van der Waals surface area (Å²) in [7, 11) is -3.56. The third-order valence-electron chi connectivity index (χ3n) is 5.86. The third kappa shape index (κ3) is 4.04. The van der Waals surface area contributed by atoms with Crippen LogP contribution in [0.2, 0.25) is 0 Å². The minimum absolute atomic E-state index is 0.0177. The second-order valence-electron chi connectivity index (χ2n) is 7.78. The van der Waals surface area contributed by atoms with Gasteiger partial charge in [-0.25, -0.2) is 5.14 Å². The van der Waals surface area contributed by atoms with Crippen molar-refractivity contribution >= 4 is 10.2 Å². The molecule has 0 amide bonds. The summed E-state index contributed by atoms with van der Waals surface area (Å²) in [5, 5.41) is 5.19. The van der Waals surface area contributed by atoms with Crippen LogP contribution in [0.5, 0.6) is 5.75 Å². The highest BCUT2D eigenvalue weighted by Crippen LogP contribution is 2.35. The maximum absolute atomic E-state index is 11.4. The Labute approximate surface area is 155 Å². The number of fused-ring (bicyclic) bond motifs is 2. The number of nitrogens with two attached hydrogens (primary N) is 1. The lowest BCUT2D eigenvalue weighted by molar-refractivity contribution is 0.0452. The van der Waals surface area contributed by atoms with Crippen LogP contribution in [0.15, 0.2) is 24.3 Å². The van der Waals surface area contributed by atoms with Crippen molar-refractivity contribution in [3.63, 3.8) is 0 Å². The number of rotatable bonds is 5. The van der Waals surface area contributed by atoms with Gasteiger partial charge < -0.3 is 4.74 Å². The summed E-state index contributed by atoms with van der Waals surface area (Å²) in [5.74, 6) is 0.955. The van der Waals surface area contributed by atoms with Gasteiger partial charge in [0, 0.05) is 52.2 Å². The van der Waals surface area contributed by atoms with Crippen LogP contribution in [-0.4, -0.2) is 73.9 Å². The molecule has 3 aliphatic rings. The summed E-state index contributed by atoms with van der Waals surface area (Å²) in [6.07, 6.45) is 3.51. The van der Waals surface area contributed by atoms with Crippen LogP contribution in [-0.2, 0) is 16.8 Å². The molecule has 3 saturated heterocycles. The zero-order chi connectivity index (χ0) is 18.2. The van der Waals surface area contributed by atoms with Crippen LogP contribution >= 0.6 is 0 Å². The highest BCUT2D eigenvalue weighted by molar-refractivity contribution is 7.86. The van der Waals surface area contributed by atoms with Crippen LogP contribution in [0.3, 0.4) is 0 Å². The molecule has 0 radical (unpaired) electrons. The van der Waals surface area contributed by atoms with Gasteiger partial charge in [0.05, 0.1) is 0 Å². The van der Waals surface area contributed by atoms with Crippen molar-refractivity contribution < 1.29 is 13.2 Å². The second-order valence-corrected chi connectivity index (χ2v) is 9.33. The van der Waals surface area contributed by atoms with E-state index in [4.69, 9.17) is 9.88 Å². The summed E-state index contributed by atoms with van der Waals surface area (Å²) in [5.41, 5.74) is 1.24. The van der Waals surface area contributed by atoms with E-state index in [-0.39, 0.29) is 5.60 Å². The molecule has 2 N–H and O–H groups in total. The maximum atomic E-state index is 11.4. The first-order chi connectivity index (χ1) is 12.4. The standard InChI is InChI=1S/C18H28N4O3S/c19-26(23,24)22-12-10-20(11-13-22)14-16-2-4-17(5-3-16)25-18-6-1-8-21(15-18)9-7-18/h2-5H,1,6-15H2,(H2,19,23,24). The quantitative estimate of drug-likeness (QED) is 0.810. The molecule has 3 aliphatic heterocycles. The molecule has 144 valence electrons. The Morgan fingerprint density at radius 3 is 2.42 bits per heavy atom. The Morgan fingerprint density at radius 1 is 1.00 bits per heavy atom. The Balaban J connectivity index is 1.31. The molecule has 1 aromatic carbocycles. The molecular formula is C18H28N4O3S. The van der Waals surface area contributed by atoms with Crippen LogP contribution in [0.1, 0.15) is 24.8 Å². The Kier molecular flexibility index (Phi) is 4.96. The summed E-state index contributed by atoms with van der Waals surface area (Å²) in [6, 6.07) is 8.38. The molecule has 0 aromatic heterocycles. The summed E-state index contributed by atoms with van der Waals surface area (Å²) in [4.78, 5) is 4.76. The van der Waals surface area contributed by atoms with E-state index in [2.05, 4.69) is 34.1 Å². The van der Waals surface area contributed by atoms with Crippen molar-refractivity contribution in [3.8, 4) is 5.75 Å². The van der Waals surface area contributed by atoms with E-state index >= 15 is 0 Å². The van der Waals surface area contributed by atoms with Crippen LogP contribution < -0.4 is 9.88 Å². The molecule has 0 aliphatic carbocycles. The van der Waals surface area contributed by atoms with E-state index in [0.29, 0.717) is 26.2 Å². The second kappa shape index (κ2) is 7.09. The van der Waals surface area contributed by atoms with Crippen molar-refractivity contribution in [2.75, 3.05) is 45.8 Å². The molecule has 2 atom stereocenters. The summed E-state index contributed by atoms with van der Waals surface area (Å²) >= 11 is 0. The average molecular weight is 381 g/mol. The van der Waals surface area contributed by atoms with E-state index in [1.165, 1.54) is 22.8 Å². The van der Waals surface area contributed by atoms with E-state index < -0.39 is 10.2 Å². The van der Waals surface area contributed by atoms with Crippen LogP contribution in [0.4, 0.5) is 0 Å². The Morgan fingerprint density at radius 2 is 1.73 bits per heavy atom. The van der Waals surface area contributed by atoms with Gasteiger partial charge in [-0.2, -0.15) is 12.7 Å². The number of nitrogens with zero attached hydrogens (tertiary/aromatic N) is 3. The van der Waals surface area contributed by atoms with Crippen molar-refractivity contribution in [1.29, 1.82) is 0 Å². The molecule has 2 unspecified atom stereocenters. The van der Waals surface area contributed by atoms with Crippen LogP contribution in [0, 0.1) is 0 Å². The molecule has 8 heteroatoms. The molecule has 0 saturated carbocycles. The van der Waals surface area contributed by atoms with E-state index in [1.807, 2.05) is 0 Å². The number of piperidine rings is 1. The van der Waals surface area contributed by atoms with Gasteiger partial charge in [-0.15, -0.1) is 0 Å². The lowest BCUT2D eigenvalue weighted by Crippen LogP contribution is -2.50. The predicted molar refractivity (Wildman–Crippen MR) is 100 cm³/mol. The molecule has 1 aromatic rings. The highest BCUT2D eigenvalue weighted by atomic mass is 32.2. The molecule has 2 bridgehead atoms. The van der Waals surface area contributed by atoms with Gasteiger partial charge in [0.25, 0.3) is 10.2 Å². The fraction of sp³-hybridized carbons (Fsp3) is 0.667. The molecule has 7 nitrogen and oxygen atoms in total. The largest absolute Gasteiger partial charge is 0.486 e. The normalized spacial score (nSPS) is 30.4. The van der Waals surface area contributed by atoms with Gasteiger partial charge in [-0.3, -0.25) is 9.80 Å². The lowest BCUT2D eigenvalue weighted by atomic mass is 9.94. The predicted octanol–water partition coefficient (Wildman–Crippen LogP) is 0.625. The van der Waals surface area contributed by atoms with E-state index in [9.17, 15) is 8.42 Å². The number of hydrogen-bond donors (Lipinski definition) is 1. The third-order valence-corrected chi connectivity index (χ3v) is 6.94. The van der Waals surface area contributed by atoms with E-state index in [0.717, 1.165) is 38.2 Å². The summed E-state index contributed by atoms with van der Waals surface area (Å²) < 4.78 is 30.5. The zero-order valence-corrected chi connectivity index (χ0v) is 16.0. The SMILES string of the molecule is NS(=O)(=O)N1CCN(Cc2ccc(OC34CCCN(CC3)C4)cc2)CC1. The van der Waals surface area contributed by atoms with Gasteiger partial charge in [0.1, 0.15) is 11.4 Å². The minimum Gasteiger partial charge on any atom is -0.486 e. The van der Waals surface area contributed by atoms with Crippen molar-refractivity contribution in [1.82, 2.24) is 14.1 Å². The molecule has 3 heterocycles.